The first-order valence-electron chi connectivity index (χ1n) is 5.55. The molecule has 3 heteroatoms. The Hall–Kier alpha value is -1.35. The number of methoxy groups -OCH3 is 1. The molecule has 0 atom stereocenters. The van der Waals surface area contributed by atoms with Crippen molar-refractivity contribution in [3.8, 4) is 0 Å². The second kappa shape index (κ2) is 8.92. The zero-order valence-electron chi connectivity index (χ0n) is 10.5. The Morgan fingerprint density at radius 1 is 1.19 bits per heavy atom. The molecular formula is C13H21NO2. The third kappa shape index (κ3) is 5.51. The molecule has 1 aromatic rings. The van der Waals surface area contributed by atoms with Crippen LogP contribution in [0, 0.1) is 0 Å². The van der Waals surface area contributed by atoms with E-state index in [9.17, 15) is 4.79 Å². The molecule has 1 aromatic carbocycles. The number of ether oxygens (including phenoxy) is 1. The Morgan fingerprint density at radius 2 is 1.69 bits per heavy atom. The van der Waals surface area contributed by atoms with Gasteiger partial charge in [-0.2, -0.15) is 0 Å². The molecule has 90 valence electrons. The van der Waals surface area contributed by atoms with E-state index in [2.05, 4.69) is 10.1 Å². The van der Waals surface area contributed by atoms with E-state index in [4.69, 9.17) is 0 Å². The van der Waals surface area contributed by atoms with Gasteiger partial charge in [0.15, 0.2) is 0 Å². The van der Waals surface area contributed by atoms with Crippen molar-refractivity contribution in [2.45, 2.75) is 26.8 Å². The van der Waals surface area contributed by atoms with E-state index in [0.29, 0.717) is 6.42 Å². The van der Waals surface area contributed by atoms with Gasteiger partial charge < -0.3 is 10.1 Å². The van der Waals surface area contributed by atoms with Crippen LogP contribution in [-0.4, -0.2) is 20.1 Å². The van der Waals surface area contributed by atoms with Crippen molar-refractivity contribution in [2.24, 2.45) is 0 Å². The zero-order valence-corrected chi connectivity index (χ0v) is 10.5. The quantitative estimate of drug-likeness (QED) is 0.795. The van der Waals surface area contributed by atoms with Crippen molar-refractivity contribution in [3.05, 3.63) is 35.4 Å². The van der Waals surface area contributed by atoms with Crippen LogP contribution < -0.4 is 5.32 Å². The molecule has 0 spiro atoms. The third-order valence-electron chi connectivity index (χ3n) is 1.98. The number of rotatable bonds is 4. The Kier molecular flexibility index (Phi) is 8.17. The predicted octanol–water partition coefficient (Wildman–Crippen LogP) is 2.15. The monoisotopic (exact) mass is 223 g/mol. The molecule has 0 aliphatic carbocycles. The van der Waals surface area contributed by atoms with Gasteiger partial charge in [0.2, 0.25) is 0 Å². The van der Waals surface area contributed by atoms with Crippen LogP contribution in [0.4, 0.5) is 0 Å². The molecule has 0 saturated heterocycles. The van der Waals surface area contributed by atoms with Crippen LogP contribution in [0.1, 0.15) is 25.0 Å². The van der Waals surface area contributed by atoms with E-state index < -0.39 is 0 Å². The van der Waals surface area contributed by atoms with E-state index in [0.717, 1.165) is 12.1 Å². The van der Waals surface area contributed by atoms with E-state index in [-0.39, 0.29) is 5.97 Å². The van der Waals surface area contributed by atoms with E-state index in [1.807, 2.05) is 45.2 Å². The van der Waals surface area contributed by atoms with Crippen molar-refractivity contribution in [1.29, 1.82) is 0 Å². The first-order valence-corrected chi connectivity index (χ1v) is 5.55. The summed E-state index contributed by atoms with van der Waals surface area (Å²) in [5.41, 5.74) is 2.19. The summed E-state index contributed by atoms with van der Waals surface area (Å²) in [7, 11) is 3.31. The number of carbonyl (C=O) groups excluding carboxylic acids is 1. The molecule has 1 rings (SSSR count). The van der Waals surface area contributed by atoms with E-state index >= 15 is 0 Å². The van der Waals surface area contributed by atoms with Gasteiger partial charge >= 0.3 is 5.97 Å². The maximum absolute atomic E-state index is 11.0. The van der Waals surface area contributed by atoms with E-state index in [1.54, 1.807) is 0 Å². The summed E-state index contributed by atoms with van der Waals surface area (Å²) in [5.74, 6) is -0.202. The molecule has 0 amide bonds. The lowest BCUT2D eigenvalue weighted by Crippen LogP contribution is -2.06. The standard InChI is InChI=1S/C11H15NO2.C2H6/c1-12-8-10-5-3-9(4-6-10)7-11(13)14-2;1-2/h3-6,12H,7-8H2,1-2H3;1-2H3. The smallest absolute Gasteiger partial charge is 0.309 e. The molecule has 0 aliphatic heterocycles. The van der Waals surface area contributed by atoms with Crippen LogP contribution in [0.5, 0.6) is 0 Å². The van der Waals surface area contributed by atoms with Crippen molar-refractivity contribution in [1.82, 2.24) is 5.32 Å². The van der Waals surface area contributed by atoms with Gasteiger partial charge in [0, 0.05) is 6.54 Å². The predicted molar refractivity (Wildman–Crippen MR) is 66.3 cm³/mol. The summed E-state index contributed by atoms with van der Waals surface area (Å²) >= 11 is 0. The average Bonchev–Trinajstić information content (AvgIpc) is 2.34. The van der Waals surface area contributed by atoms with Crippen molar-refractivity contribution < 1.29 is 9.53 Å². The van der Waals surface area contributed by atoms with Gasteiger partial charge in [-0.25, -0.2) is 0 Å². The number of carbonyl (C=O) groups is 1. The lowest BCUT2D eigenvalue weighted by Gasteiger charge is -2.02. The maximum atomic E-state index is 11.0. The summed E-state index contributed by atoms with van der Waals surface area (Å²) in [6.45, 7) is 4.85. The summed E-state index contributed by atoms with van der Waals surface area (Å²) in [5, 5.41) is 3.06. The minimum Gasteiger partial charge on any atom is -0.469 e. The molecule has 0 unspecified atom stereocenters. The lowest BCUT2D eigenvalue weighted by molar-refractivity contribution is -0.139. The van der Waals surface area contributed by atoms with Crippen LogP contribution in [0.2, 0.25) is 0 Å². The largest absolute Gasteiger partial charge is 0.469 e. The fraction of sp³-hybridized carbons (Fsp3) is 0.462. The van der Waals surface area contributed by atoms with Gasteiger partial charge in [-0.1, -0.05) is 38.1 Å². The second-order valence-corrected chi connectivity index (χ2v) is 3.10. The molecule has 0 aliphatic rings. The zero-order chi connectivity index (χ0) is 12.4. The Morgan fingerprint density at radius 3 is 2.12 bits per heavy atom. The number of benzene rings is 1. The number of esters is 1. The van der Waals surface area contributed by atoms with Gasteiger partial charge in [0.05, 0.1) is 13.5 Å². The minimum atomic E-state index is -0.202. The molecule has 0 bridgehead atoms. The fourth-order valence-electron chi connectivity index (χ4n) is 1.22. The molecular weight excluding hydrogens is 202 g/mol. The molecule has 16 heavy (non-hydrogen) atoms. The third-order valence-corrected chi connectivity index (χ3v) is 1.98. The van der Waals surface area contributed by atoms with Gasteiger partial charge in [0.25, 0.3) is 0 Å². The van der Waals surface area contributed by atoms with Crippen molar-refractivity contribution in [2.75, 3.05) is 14.2 Å². The molecule has 0 saturated carbocycles. The summed E-state index contributed by atoms with van der Waals surface area (Å²) in [4.78, 5) is 11.0. The normalized spacial score (nSPS) is 9.00. The highest BCUT2D eigenvalue weighted by Gasteiger charge is 2.01. The highest BCUT2D eigenvalue weighted by atomic mass is 16.5. The van der Waals surface area contributed by atoms with Crippen LogP contribution in [0.25, 0.3) is 0 Å². The van der Waals surface area contributed by atoms with Gasteiger partial charge in [0.1, 0.15) is 0 Å². The molecule has 0 fully saturated rings. The van der Waals surface area contributed by atoms with Crippen molar-refractivity contribution >= 4 is 5.97 Å². The molecule has 0 radical (unpaired) electrons. The van der Waals surface area contributed by atoms with Gasteiger partial charge in [-0.3, -0.25) is 4.79 Å². The average molecular weight is 223 g/mol. The highest BCUT2D eigenvalue weighted by molar-refractivity contribution is 5.72. The van der Waals surface area contributed by atoms with Crippen LogP contribution in [0.15, 0.2) is 24.3 Å². The number of nitrogens with one attached hydrogen (secondary N) is 1. The second-order valence-electron chi connectivity index (χ2n) is 3.10. The van der Waals surface area contributed by atoms with Gasteiger partial charge in [-0.15, -0.1) is 0 Å². The van der Waals surface area contributed by atoms with Crippen molar-refractivity contribution in [3.63, 3.8) is 0 Å². The topological polar surface area (TPSA) is 38.3 Å². The molecule has 1 N–H and O–H groups in total. The molecule has 0 heterocycles. The van der Waals surface area contributed by atoms with E-state index in [1.165, 1.54) is 12.7 Å². The van der Waals surface area contributed by atoms with Crippen LogP contribution in [0.3, 0.4) is 0 Å². The van der Waals surface area contributed by atoms with Crippen LogP contribution >= 0.6 is 0 Å². The number of hydrogen-bond acceptors (Lipinski definition) is 3. The van der Waals surface area contributed by atoms with Gasteiger partial charge in [-0.05, 0) is 18.2 Å². The summed E-state index contributed by atoms with van der Waals surface area (Å²) in [6.07, 6.45) is 0.344. The minimum absolute atomic E-state index is 0.202. The summed E-state index contributed by atoms with van der Waals surface area (Å²) in [6, 6.07) is 7.91. The molecule has 0 aromatic heterocycles. The Balaban J connectivity index is 0.00000106. The Bertz CT molecular complexity index is 293. The van der Waals surface area contributed by atoms with Crippen LogP contribution in [-0.2, 0) is 22.5 Å². The first kappa shape index (κ1) is 14.6. The SMILES string of the molecule is CC.CNCc1ccc(CC(=O)OC)cc1. The molecule has 3 nitrogen and oxygen atoms in total. The highest BCUT2D eigenvalue weighted by Crippen LogP contribution is 2.05. The first-order chi connectivity index (χ1) is 7.76. The Labute approximate surface area is 97.8 Å². The fourth-order valence-corrected chi connectivity index (χ4v) is 1.22. The maximum Gasteiger partial charge on any atom is 0.309 e. The lowest BCUT2D eigenvalue weighted by atomic mass is 10.1. The number of hydrogen-bond donors (Lipinski definition) is 1. The summed E-state index contributed by atoms with van der Waals surface area (Å²) < 4.78 is 4.58.